The van der Waals surface area contributed by atoms with Gasteiger partial charge in [-0.05, 0) is 40.2 Å². The van der Waals surface area contributed by atoms with Gasteiger partial charge in [-0.3, -0.25) is 9.59 Å². The number of nitrogens with zero attached hydrogens (tertiary/aromatic N) is 1. The largest absolute Gasteiger partial charge is 0.481 e. The number of nitrogens with one attached hydrogen (secondary N) is 1. The Morgan fingerprint density at radius 2 is 1.83 bits per heavy atom. The third kappa shape index (κ3) is 2.66. The van der Waals surface area contributed by atoms with E-state index in [0.29, 0.717) is 32.4 Å². The predicted molar refractivity (Wildman–Crippen MR) is 69.3 cm³/mol. The highest BCUT2D eigenvalue weighted by Gasteiger charge is 2.42. The third-order valence-corrected chi connectivity index (χ3v) is 4.30. The number of amides is 1. The van der Waals surface area contributed by atoms with Crippen LogP contribution in [0.15, 0.2) is 0 Å². The SMILES string of the molecule is CCC1(C(=O)O)CCN(C(=O)C(C)(C)NC)CC1. The topological polar surface area (TPSA) is 69.6 Å². The highest BCUT2D eigenvalue weighted by Crippen LogP contribution is 2.35. The lowest BCUT2D eigenvalue weighted by Crippen LogP contribution is -2.56. The van der Waals surface area contributed by atoms with E-state index >= 15 is 0 Å². The Kier molecular flexibility index (Phi) is 4.37. The molecule has 1 rings (SSSR count). The Hall–Kier alpha value is -1.10. The van der Waals surface area contributed by atoms with E-state index in [9.17, 15) is 14.7 Å². The molecule has 1 heterocycles. The van der Waals surface area contributed by atoms with Crippen molar-refractivity contribution in [2.75, 3.05) is 20.1 Å². The van der Waals surface area contributed by atoms with Crippen LogP contribution in [0.2, 0.25) is 0 Å². The average molecular weight is 256 g/mol. The van der Waals surface area contributed by atoms with Crippen molar-refractivity contribution in [3.63, 3.8) is 0 Å². The van der Waals surface area contributed by atoms with Gasteiger partial charge in [0.2, 0.25) is 5.91 Å². The summed E-state index contributed by atoms with van der Waals surface area (Å²) in [6.07, 6.45) is 1.72. The minimum Gasteiger partial charge on any atom is -0.481 e. The second-order valence-corrected chi connectivity index (χ2v) is 5.61. The number of rotatable bonds is 4. The number of carboxylic acid groups (broad SMARTS) is 1. The van der Waals surface area contributed by atoms with Crippen LogP contribution in [0.25, 0.3) is 0 Å². The fourth-order valence-electron chi connectivity index (χ4n) is 2.36. The summed E-state index contributed by atoms with van der Waals surface area (Å²) >= 11 is 0. The van der Waals surface area contributed by atoms with Gasteiger partial charge in [0.25, 0.3) is 0 Å². The molecule has 1 aliphatic rings. The molecule has 0 radical (unpaired) electrons. The molecule has 0 saturated carbocycles. The van der Waals surface area contributed by atoms with E-state index < -0.39 is 16.9 Å². The number of carboxylic acids is 1. The number of hydrogen-bond acceptors (Lipinski definition) is 3. The number of carbonyl (C=O) groups is 2. The molecular formula is C13H24N2O3. The monoisotopic (exact) mass is 256 g/mol. The van der Waals surface area contributed by atoms with E-state index in [4.69, 9.17) is 0 Å². The van der Waals surface area contributed by atoms with Crippen molar-refractivity contribution in [2.45, 2.75) is 45.6 Å². The van der Waals surface area contributed by atoms with E-state index in [1.165, 1.54) is 0 Å². The van der Waals surface area contributed by atoms with E-state index in [0.717, 1.165) is 0 Å². The molecule has 1 saturated heterocycles. The predicted octanol–water partition coefficient (Wildman–Crippen LogP) is 1.09. The van der Waals surface area contributed by atoms with Crippen molar-refractivity contribution in [1.29, 1.82) is 0 Å². The first-order valence-electron chi connectivity index (χ1n) is 6.51. The summed E-state index contributed by atoms with van der Waals surface area (Å²) in [5.41, 5.74) is -1.23. The molecule has 0 aromatic heterocycles. The van der Waals surface area contributed by atoms with Gasteiger partial charge in [0.1, 0.15) is 0 Å². The normalized spacial score (nSPS) is 19.7. The molecular weight excluding hydrogens is 232 g/mol. The Balaban J connectivity index is 2.70. The fraction of sp³-hybridized carbons (Fsp3) is 0.846. The minimum absolute atomic E-state index is 0.0418. The Morgan fingerprint density at radius 1 is 1.33 bits per heavy atom. The summed E-state index contributed by atoms with van der Waals surface area (Å²) in [6, 6.07) is 0. The number of carbonyl (C=O) groups excluding carboxylic acids is 1. The van der Waals surface area contributed by atoms with Crippen LogP contribution in [-0.2, 0) is 9.59 Å². The number of likely N-dealkylation sites (N-methyl/N-ethyl adjacent to an activating group) is 1. The van der Waals surface area contributed by atoms with Crippen LogP contribution in [0.4, 0.5) is 0 Å². The number of hydrogen-bond donors (Lipinski definition) is 2. The van der Waals surface area contributed by atoms with Crippen molar-refractivity contribution in [2.24, 2.45) is 5.41 Å². The van der Waals surface area contributed by atoms with E-state index in [-0.39, 0.29) is 5.91 Å². The van der Waals surface area contributed by atoms with E-state index in [1.807, 2.05) is 20.8 Å². The van der Waals surface area contributed by atoms with Crippen LogP contribution in [0.5, 0.6) is 0 Å². The van der Waals surface area contributed by atoms with Gasteiger partial charge >= 0.3 is 5.97 Å². The maximum Gasteiger partial charge on any atom is 0.309 e. The Morgan fingerprint density at radius 3 is 2.17 bits per heavy atom. The molecule has 0 atom stereocenters. The van der Waals surface area contributed by atoms with Crippen LogP contribution >= 0.6 is 0 Å². The number of likely N-dealkylation sites (tertiary alicyclic amines) is 1. The molecule has 0 aromatic rings. The molecule has 0 bridgehead atoms. The molecule has 5 nitrogen and oxygen atoms in total. The van der Waals surface area contributed by atoms with Crippen molar-refractivity contribution < 1.29 is 14.7 Å². The van der Waals surface area contributed by atoms with Crippen molar-refractivity contribution in [1.82, 2.24) is 10.2 Å². The van der Waals surface area contributed by atoms with Crippen LogP contribution < -0.4 is 5.32 Å². The lowest BCUT2D eigenvalue weighted by molar-refractivity contribution is -0.155. The first-order valence-corrected chi connectivity index (χ1v) is 6.51. The molecule has 5 heteroatoms. The zero-order valence-corrected chi connectivity index (χ0v) is 11.7. The first kappa shape index (κ1) is 15.0. The second kappa shape index (κ2) is 5.26. The first-order chi connectivity index (χ1) is 8.29. The molecule has 104 valence electrons. The molecule has 0 spiro atoms. The quantitative estimate of drug-likeness (QED) is 0.790. The molecule has 18 heavy (non-hydrogen) atoms. The zero-order chi connectivity index (χ0) is 14.0. The third-order valence-electron chi connectivity index (χ3n) is 4.30. The molecule has 1 aliphatic heterocycles. The lowest BCUT2D eigenvalue weighted by atomic mass is 9.76. The summed E-state index contributed by atoms with van der Waals surface area (Å²) in [6.45, 7) is 6.65. The Labute approximate surface area is 109 Å². The summed E-state index contributed by atoms with van der Waals surface area (Å²) in [7, 11) is 1.76. The standard InChI is InChI=1S/C13H24N2O3/c1-5-13(11(17)18)6-8-15(9-7-13)10(16)12(2,3)14-4/h14H,5-9H2,1-4H3,(H,17,18). The van der Waals surface area contributed by atoms with E-state index in [2.05, 4.69) is 5.32 Å². The van der Waals surface area contributed by atoms with Gasteiger partial charge in [-0.1, -0.05) is 6.92 Å². The molecule has 0 aromatic carbocycles. The number of aliphatic carboxylic acids is 1. The van der Waals surface area contributed by atoms with Crippen LogP contribution in [0.1, 0.15) is 40.0 Å². The van der Waals surface area contributed by atoms with Crippen LogP contribution in [0, 0.1) is 5.41 Å². The maximum atomic E-state index is 12.2. The van der Waals surface area contributed by atoms with Gasteiger partial charge in [-0.2, -0.15) is 0 Å². The van der Waals surface area contributed by atoms with E-state index in [1.54, 1.807) is 11.9 Å². The van der Waals surface area contributed by atoms with Gasteiger partial charge in [-0.15, -0.1) is 0 Å². The van der Waals surface area contributed by atoms with Crippen LogP contribution in [-0.4, -0.2) is 47.6 Å². The van der Waals surface area contributed by atoms with Gasteiger partial charge in [0, 0.05) is 13.1 Å². The Bertz CT molecular complexity index is 331. The zero-order valence-electron chi connectivity index (χ0n) is 11.7. The van der Waals surface area contributed by atoms with Crippen molar-refractivity contribution in [3.05, 3.63) is 0 Å². The smallest absolute Gasteiger partial charge is 0.309 e. The maximum absolute atomic E-state index is 12.2. The molecule has 1 amide bonds. The van der Waals surface area contributed by atoms with Gasteiger partial charge < -0.3 is 15.3 Å². The van der Waals surface area contributed by atoms with Gasteiger partial charge in [0.05, 0.1) is 11.0 Å². The number of piperidine rings is 1. The highest BCUT2D eigenvalue weighted by atomic mass is 16.4. The molecule has 2 N–H and O–H groups in total. The molecule has 0 unspecified atom stereocenters. The molecule has 1 fully saturated rings. The summed E-state index contributed by atoms with van der Waals surface area (Å²) < 4.78 is 0. The van der Waals surface area contributed by atoms with Crippen LogP contribution in [0.3, 0.4) is 0 Å². The fourth-order valence-corrected chi connectivity index (χ4v) is 2.36. The van der Waals surface area contributed by atoms with Crippen molar-refractivity contribution in [3.8, 4) is 0 Å². The highest BCUT2D eigenvalue weighted by molar-refractivity contribution is 5.86. The summed E-state index contributed by atoms with van der Waals surface area (Å²) in [5.74, 6) is -0.690. The summed E-state index contributed by atoms with van der Waals surface area (Å²) in [5, 5.41) is 12.3. The van der Waals surface area contributed by atoms with Gasteiger partial charge in [-0.25, -0.2) is 0 Å². The second-order valence-electron chi connectivity index (χ2n) is 5.61. The van der Waals surface area contributed by atoms with Gasteiger partial charge in [0.15, 0.2) is 0 Å². The average Bonchev–Trinajstić information content (AvgIpc) is 2.37. The molecule has 0 aliphatic carbocycles. The lowest BCUT2D eigenvalue weighted by Gasteiger charge is -2.41. The summed E-state index contributed by atoms with van der Waals surface area (Å²) in [4.78, 5) is 25.3. The minimum atomic E-state index is -0.732. The van der Waals surface area contributed by atoms with Crippen molar-refractivity contribution >= 4 is 11.9 Å².